The molecule has 0 unspecified atom stereocenters. The average molecular weight is 275 g/mol. The van der Waals surface area contributed by atoms with Crippen molar-refractivity contribution >= 4 is 18.4 Å². The van der Waals surface area contributed by atoms with E-state index in [1.165, 1.54) is 0 Å². The van der Waals surface area contributed by atoms with Gasteiger partial charge in [-0.2, -0.15) is 0 Å². The maximum Gasteiger partial charge on any atom is 0.303 e. The van der Waals surface area contributed by atoms with E-state index in [9.17, 15) is 24.5 Å². The first-order valence-electron chi connectivity index (χ1n) is 5.08. The molecule has 0 rings (SSSR count). The van der Waals surface area contributed by atoms with Gasteiger partial charge in [-0.15, -0.1) is 0 Å². The largest absolute Gasteiger partial charge is 0.462 e. The van der Waals surface area contributed by atoms with Crippen molar-refractivity contribution in [1.29, 1.82) is 0 Å². The highest BCUT2D eigenvalue weighted by Crippen LogP contribution is 2.08. The molecule has 0 spiro atoms. The molecule has 0 bridgehead atoms. The number of carbonyl (C=O) groups excluding carboxylic acids is 3. The number of hydrogen-bond donors (Lipinski definition) is 0. The van der Waals surface area contributed by atoms with Gasteiger partial charge in [-0.1, -0.05) is 0 Å². The highest BCUT2D eigenvalue weighted by atomic mass is 16.6. The van der Waals surface area contributed by atoms with Crippen LogP contribution in [0.4, 0.5) is 0 Å². The van der Waals surface area contributed by atoms with Crippen LogP contribution in [-0.2, 0) is 28.6 Å². The maximum absolute atomic E-state index is 10.9. The second-order valence-electron chi connectivity index (χ2n) is 3.27. The first-order chi connectivity index (χ1) is 8.86. The van der Waals surface area contributed by atoms with Crippen molar-refractivity contribution in [2.75, 3.05) is 6.61 Å². The Balaban J connectivity index is 4.88. The fourth-order valence-electron chi connectivity index (χ4n) is 1.07. The predicted molar refractivity (Wildman–Crippen MR) is 59.3 cm³/mol. The van der Waals surface area contributed by atoms with Gasteiger partial charge in [0.25, 0.3) is 6.47 Å². The molecule has 0 heterocycles. The predicted octanol–water partition coefficient (Wildman–Crippen LogP) is -0.187. The van der Waals surface area contributed by atoms with Crippen LogP contribution in [0.3, 0.4) is 0 Å². The Morgan fingerprint density at radius 3 is 2.37 bits per heavy atom. The third kappa shape index (κ3) is 8.30. The number of nitro groups is 1. The highest BCUT2D eigenvalue weighted by molar-refractivity contribution is 5.66. The van der Waals surface area contributed by atoms with Crippen molar-refractivity contribution in [1.82, 2.24) is 0 Å². The lowest BCUT2D eigenvalue weighted by molar-refractivity contribution is -0.403. The molecule has 9 nitrogen and oxygen atoms in total. The normalized spacial score (nSPS) is 13.4. The molecule has 19 heavy (non-hydrogen) atoms. The van der Waals surface area contributed by atoms with Crippen molar-refractivity contribution < 1.29 is 33.5 Å². The summed E-state index contributed by atoms with van der Waals surface area (Å²) in [5, 5.41) is 10.2. The molecule has 2 atom stereocenters. The lowest BCUT2D eigenvalue weighted by Gasteiger charge is -2.21. The number of carbonyl (C=O) groups is 3. The van der Waals surface area contributed by atoms with E-state index in [2.05, 4.69) is 9.47 Å². The summed E-state index contributed by atoms with van der Waals surface area (Å²) < 4.78 is 13.9. The molecule has 0 radical (unpaired) electrons. The third-order valence-corrected chi connectivity index (χ3v) is 1.75. The van der Waals surface area contributed by atoms with Gasteiger partial charge in [0.2, 0.25) is 6.20 Å². The van der Waals surface area contributed by atoms with Crippen LogP contribution in [0.15, 0.2) is 12.3 Å². The number of nitrogens with zero attached hydrogens (tertiary/aromatic N) is 1. The number of rotatable bonds is 8. The Morgan fingerprint density at radius 1 is 1.32 bits per heavy atom. The second kappa shape index (κ2) is 8.61. The monoisotopic (exact) mass is 275 g/mol. The fourth-order valence-corrected chi connectivity index (χ4v) is 1.07. The van der Waals surface area contributed by atoms with Crippen LogP contribution < -0.4 is 0 Å². The van der Waals surface area contributed by atoms with E-state index in [0.29, 0.717) is 6.20 Å². The molecule has 106 valence electrons. The van der Waals surface area contributed by atoms with E-state index in [1.54, 1.807) is 0 Å². The van der Waals surface area contributed by atoms with Gasteiger partial charge < -0.3 is 14.2 Å². The topological polar surface area (TPSA) is 122 Å². The molecular formula is C10H13NO8. The van der Waals surface area contributed by atoms with Gasteiger partial charge in [-0.25, -0.2) is 0 Å². The molecule has 0 saturated carbocycles. The van der Waals surface area contributed by atoms with Crippen LogP contribution in [0.25, 0.3) is 0 Å². The summed E-state index contributed by atoms with van der Waals surface area (Å²) in [5.41, 5.74) is 0. The van der Waals surface area contributed by atoms with Crippen LogP contribution in [0, 0.1) is 10.1 Å². The van der Waals surface area contributed by atoms with E-state index < -0.39 is 35.7 Å². The quantitative estimate of drug-likeness (QED) is 0.196. The van der Waals surface area contributed by atoms with Gasteiger partial charge in [0, 0.05) is 19.9 Å². The zero-order valence-corrected chi connectivity index (χ0v) is 10.3. The number of ether oxygens (including phenoxy) is 3. The summed E-state index contributed by atoms with van der Waals surface area (Å²) in [6, 6.07) is 0. The van der Waals surface area contributed by atoms with Crippen LogP contribution in [-0.4, -0.2) is 42.1 Å². The minimum atomic E-state index is -1.23. The standard InChI is InChI=1S/C10H13NO8/c1-7(13)17-5-10(18-6-12)9(19-8(2)14)3-4-11(15)16/h3-4,6,9-10H,5H2,1-2H3/b4-3+/t9-,10-/m1/s1. The molecule has 9 heteroatoms. The number of esters is 2. The van der Waals surface area contributed by atoms with E-state index in [4.69, 9.17) is 4.74 Å². The molecule has 0 saturated heterocycles. The molecule has 0 aromatic rings. The first kappa shape index (κ1) is 16.6. The van der Waals surface area contributed by atoms with Crippen molar-refractivity contribution in [2.45, 2.75) is 26.1 Å². The summed E-state index contributed by atoms with van der Waals surface area (Å²) in [5.74, 6) is -1.38. The van der Waals surface area contributed by atoms with Crippen molar-refractivity contribution in [2.24, 2.45) is 0 Å². The summed E-state index contributed by atoms with van der Waals surface area (Å²) >= 11 is 0. The van der Waals surface area contributed by atoms with E-state index >= 15 is 0 Å². The van der Waals surface area contributed by atoms with Gasteiger partial charge in [-0.05, 0) is 0 Å². The first-order valence-corrected chi connectivity index (χ1v) is 5.08. The molecule has 0 aliphatic rings. The van der Waals surface area contributed by atoms with Crippen molar-refractivity contribution in [3.05, 3.63) is 22.4 Å². The van der Waals surface area contributed by atoms with Crippen LogP contribution in [0.5, 0.6) is 0 Å². The minimum Gasteiger partial charge on any atom is -0.462 e. The van der Waals surface area contributed by atoms with Crippen molar-refractivity contribution in [3.63, 3.8) is 0 Å². The lowest BCUT2D eigenvalue weighted by atomic mass is 10.2. The van der Waals surface area contributed by atoms with Gasteiger partial charge >= 0.3 is 11.9 Å². The Hall–Kier alpha value is -2.45. The SMILES string of the molecule is CC(=O)OC[C@@H](OC=O)[C@@H](/C=C/[N+](=O)[O-])OC(C)=O. The molecule has 0 aliphatic heterocycles. The Labute approximate surface area is 108 Å². The average Bonchev–Trinajstić information content (AvgIpc) is 2.29. The zero-order chi connectivity index (χ0) is 14.8. The molecule has 0 fully saturated rings. The smallest absolute Gasteiger partial charge is 0.303 e. The zero-order valence-electron chi connectivity index (χ0n) is 10.3. The van der Waals surface area contributed by atoms with Crippen LogP contribution in [0.2, 0.25) is 0 Å². The van der Waals surface area contributed by atoms with Gasteiger partial charge in [0.15, 0.2) is 12.2 Å². The third-order valence-electron chi connectivity index (χ3n) is 1.75. The fraction of sp³-hybridized carbons (Fsp3) is 0.500. The molecule has 0 N–H and O–H groups in total. The highest BCUT2D eigenvalue weighted by Gasteiger charge is 2.26. The van der Waals surface area contributed by atoms with Gasteiger partial charge in [0.05, 0.1) is 4.92 Å². The van der Waals surface area contributed by atoms with E-state index in [1.807, 2.05) is 0 Å². The van der Waals surface area contributed by atoms with E-state index in [0.717, 1.165) is 19.9 Å². The summed E-state index contributed by atoms with van der Waals surface area (Å²) in [6.07, 6.45) is -0.948. The Kier molecular flexibility index (Phi) is 7.50. The number of hydrogen-bond acceptors (Lipinski definition) is 8. The minimum absolute atomic E-state index is 0.0602. The van der Waals surface area contributed by atoms with Gasteiger partial charge in [-0.3, -0.25) is 24.5 Å². The molecule has 0 aromatic carbocycles. The molecule has 0 aromatic heterocycles. The van der Waals surface area contributed by atoms with Crippen molar-refractivity contribution in [3.8, 4) is 0 Å². The van der Waals surface area contributed by atoms with E-state index in [-0.39, 0.29) is 6.47 Å². The molecule has 0 amide bonds. The van der Waals surface area contributed by atoms with Gasteiger partial charge in [0.1, 0.15) is 6.61 Å². The lowest BCUT2D eigenvalue weighted by Crippen LogP contribution is -2.36. The maximum atomic E-state index is 10.9. The molecule has 0 aliphatic carbocycles. The molecular weight excluding hydrogens is 262 g/mol. The Morgan fingerprint density at radius 2 is 1.95 bits per heavy atom. The van der Waals surface area contributed by atoms with Crippen LogP contribution >= 0.6 is 0 Å². The summed E-state index contributed by atoms with van der Waals surface area (Å²) in [6.45, 7) is 1.88. The second-order valence-corrected chi connectivity index (χ2v) is 3.27. The summed E-state index contributed by atoms with van der Waals surface area (Å²) in [7, 11) is 0. The van der Waals surface area contributed by atoms with Crippen LogP contribution in [0.1, 0.15) is 13.8 Å². The Bertz CT molecular complexity index is 378. The summed E-state index contributed by atoms with van der Waals surface area (Å²) in [4.78, 5) is 41.3.